The fraction of sp³-hybridized carbons (Fsp3) is 0.333. The molecule has 1 rings (SSSR count). The van der Waals surface area contributed by atoms with E-state index in [1.165, 1.54) is 23.1 Å². The first-order valence-corrected chi connectivity index (χ1v) is 6.20. The third kappa shape index (κ3) is 3.67. The van der Waals surface area contributed by atoms with Crippen molar-refractivity contribution in [3.8, 4) is 0 Å². The van der Waals surface area contributed by atoms with Gasteiger partial charge in [0.25, 0.3) is 11.6 Å². The Kier molecular flexibility index (Phi) is 5.45. The molecule has 1 aromatic carbocycles. The number of nitro groups is 1. The second-order valence-corrected chi connectivity index (χ2v) is 4.33. The minimum atomic E-state index is -1.05. The smallest absolute Gasteiger partial charge is 0.305 e. The molecule has 8 heteroatoms. The van der Waals surface area contributed by atoms with Gasteiger partial charge in [-0.3, -0.25) is 19.7 Å². The van der Waals surface area contributed by atoms with Crippen LogP contribution in [-0.2, 0) is 4.79 Å². The van der Waals surface area contributed by atoms with Crippen LogP contribution in [0.25, 0.3) is 0 Å². The summed E-state index contributed by atoms with van der Waals surface area (Å²) < 4.78 is 0. The van der Waals surface area contributed by atoms with E-state index in [2.05, 4.69) is 0 Å². The Bertz CT molecular complexity index is 547. The molecule has 0 aliphatic rings. The second-order valence-electron chi connectivity index (χ2n) is 3.92. The molecule has 1 amide bonds. The number of carbonyl (C=O) groups excluding carboxylic acids is 1. The molecule has 0 radical (unpaired) electrons. The van der Waals surface area contributed by atoms with Crippen LogP contribution in [0.5, 0.6) is 0 Å². The molecule has 0 spiro atoms. The summed E-state index contributed by atoms with van der Waals surface area (Å²) in [7, 11) is 0. The van der Waals surface area contributed by atoms with Gasteiger partial charge in [0.2, 0.25) is 0 Å². The van der Waals surface area contributed by atoms with Gasteiger partial charge in [-0.05, 0) is 13.0 Å². The number of aliphatic carboxylic acids is 1. The number of carboxylic acid groups (broad SMARTS) is 1. The van der Waals surface area contributed by atoms with E-state index in [-0.39, 0.29) is 30.1 Å². The molecule has 0 heterocycles. The van der Waals surface area contributed by atoms with E-state index in [1.807, 2.05) is 0 Å². The molecule has 0 saturated heterocycles. The van der Waals surface area contributed by atoms with Crippen LogP contribution in [0.2, 0.25) is 5.02 Å². The second kappa shape index (κ2) is 6.85. The normalized spacial score (nSPS) is 10.1. The monoisotopic (exact) mass is 300 g/mol. The van der Waals surface area contributed by atoms with Crippen molar-refractivity contribution in [2.45, 2.75) is 13.3 Å². The molecule has 7 nitrogen and oxygen atoms in total. The number of nitro benzene ring substituents is 1. The Labute approximate surface area is 119 Å². The van der Waals surface area contributed by atoms with Crippen molar-refractivity contribution in [3.05, 3.63) is 38.9 Å². The first-order valence-electron chi connectivity index (χ1n) is 5.82. The van der Waals surface area contributed by atoms with Crippen molar-refractivity contribution in [1.82, 2.24) is 4.90 Å². The largest absolute Gasteiger partial charge is 0.481 e. The number of amides is 1. The summed E-state index contributed by atoms with van der Waals surface area (Å²) in [6.07, 6.45) is -0.238. The molecule has 1 N–H and O–H groups in total. The lowest BCUT2D eigenvalue weighted by molar-refractivity contribution is -0.385. The van der Waals surface area contributed by atoms with Crippen LogP contribution in [0.15, 0.2) is 18.2 Å². The molecule has 0 saturated carbocycles. The number of nitrogens with zero attached hydrogens (tertiary/aromatic N) is 2. The Morgan fingerprint density at radius 1 is 1.45 bits per heavy atom. The number of rotatable bonds is 6. The molecule has 1 aromatic rings. The summed E-state index contributed by atoms with van der Waals surface area (Å²) in [6, 6.07) is 3.95. The molecule has 0 atom stereocenters. The average molecular weight is 301 g/mol. The van der Waals surface area contributed by atoms with Crippen LogP contribution in [0.1, 0.15) is 23.7 Å². The van der Waals surface area contributed by atoms with Gasteiger partial charge in [-0.15, -0.1) is 0 Å². The van der Waals surface area contributed by atoms with Gasteiger partial charge in [-0.2, -0.15) is 0 Å². The zero-order chi connectivity index (χ0) is 15.3. The Morgan fingerprint density at radius 2 is 2.10 bits per heavy atom. The van der Waals surface area contributed by atoms with Crippen molar-refractivity contribution in [2.24, 2.45) is 0 Å². The highest BCUT2D eigenvalue weighted by atomic mass is 35.5. The molecule has 0 aliphatic carbocycles. The SMILES string of the molecule is CCN(CCC(=O)O)C(=O)c1c(Cl)cccc1[N+](=O)[O-]. The molecule has 108 valence electrons. The molecular weight excluding hydrogens is 288 g/mol. The summed E-state index contributed by atoms with van der Waals surface area (Å²) in [5.41, 5.74) is -0.609. The molecule has 0 aromatic heterocycles. The summed E-state index contributed by atoms with van der Waals surface area (Å²) in [5, 5.41) is 19.5. The number of carbonyl (C=O) groups is 2. The van der Waals surface area contributed by atoms with Gasteiger partial charge in [0, 0.05) is 19.2 Å². The van der Waals surface area contributed by atoms with Crippen molar-refractivity contribution in [3.63, 3.8) is 0 Å². The third-order valence-corrected chi connectivity index (χ3v) is 2.98. The van der Waals surface area contributed by atoms with Crippen LogP contribution in [0.4, 0.5) is 5.69 Å². The van der Waals surface area contributed by atoms with E-state index in [4.69, 9.17) is 16.7 Å². The highest BCUT2D eigenvalue weighted by Gasteiger charge is 2.26. The summed E-state index contributed by atoms with van der Waals surface area (Å²) in [6.45, 7) is 1.85. The van der Waals surface area contributed by atoms with Crippen LogP contribution in [-0.4, -0.2) is 39.9 Å². The minimum absolute atomic E-state index is 0.0297. The van der Waals surface area contributed by atoms with E-state index in [0.717, 1.165) is 0 Å². The number of benzene rings is 1. The summed E-state index contributed by atoms with van der Waals surface area (Å²) in [5.74, 6) is -1.70. The van der Waals surface area contributed by atoms with E-state index in [0.29, 0.717) is 0 Å². The van der Waals surface area contributed by atoms with Crippen molar-refractivity contribution < 1.29 is 19.6 Å². The van der Waals surface area contributed by atoms with Gasteiger partial charge in [0.05, 0.1) is 16.4 Å². The predicted octanol–water partition coefficient (Wildman–Crippen LogP) is 2.18. The molecule has 20 heavy (non-hydrogen) atoms. The molecular formula is C12H13ClN2O5. The van der Waals surface area contributed by atoms with Gasteiger partial charge >= 0.3 is 5.97 Å². The van der Waals surface area contributed by atoms with Gasteiger partial charge < -0.3 is 10.0 Å². The zero-order valence-electron chi connectivity index (χ0n) is 10.7. The van der Waals surface area contributed by atoms with Crippen molar-refractivity contribution in [1.29, 1.82) is 0 Å². The first kappa shape index (κ1) is 15.9. The topological polar surface area (TPSA) is 101 Å². The van der Waals surface area contributed by atoms with Crippen LogP contribution in [0, 0.1) is 10.1 Å². The fourth-order valence-corrected chi connectivity index (χ4v) is 1.92. The number of hydrogen-bond donors (Lipinski definition) is 1. The summed E-state index contributed by atoms with van der Waals surface area (Å²) >= 11 is 5.86. The van der Waals surface area contributed by atoms with E-state index in [9.17, 15) is 19.7 Å². The Morgan fingerprint density at radius 3 is 2.60 bits per heavy atom. The van der Waals surface area contributed by atoms with Gasteiger partial charge in [-0.1, -0.05) is 17.7 Å². The third-order valence-electron chi connectivity index (χ3n) is 2.67. The van der Waals surface area contributed by atoms with E-state index in [1.54, 1.807) is 6.92 Å². The average Bonchev–Trinajstić information content (AvgIpc) is 2.38. The zero-order valence-corrected chi connectivity index (χ0v) is 11.5. The van der Waals surface area contributed by atoms with Crippen LogP contribution < -0.4 is 0 Å². The first-order chi connectivity index (χ1) is 9.38. The summed E-state index contributed by atoms with van der Waals surface area (Å²) in [4.78, 5) is 34.3. The fourth-order valence-electron chi connectivity index (χ4n) is 1.67. The molecule has 0 bridgehead atoms. The van der Waals surface area contributed by atoms with Gasteiger partial charge in [0.1, 0.15) is 5.56 Å². The lowest BCUT2D eigenvalue weighted by Crippen LogP contribution is -2.33. The van der Waals surface area contributed by atoms with Gasteiger partial charge in [-0.25, -0.2) is 0 Å². The van der Waals surface area contributed by atoms with Crippen LogP contribution in [0.3, 0.4) is 0 Å². The minimum Gasteiger partial charge on any atom is -0.481 e. The maximum Gasteiger partial charge on any atom is 0.305 e. The number of halogens is 1. The van der Waals surface area contributed by atoms with Crippen molar-refractivity contribution >= 4 is 29.2 Å². The molecule has 0 fully saturated rings. The maximum atomic E-state index is 12.3. The van der Waals surface area contributed by atoms with Gasteiger partial charge in [0.15, 0.2) is 0 Å². The molecule has 0 unspecified atom stereocenters. The molecule has 0 aliphatic heterocycles. The number of carboxylic acids is 1. The quantitative estimate of drug-likeness (QED) is 0.641. The maximum absolute atomic E-state index is 12.3. The number of hydrogen-bond acceptors (Lipinski definition) is 4. The Balaban J connectivity index is 3.12. The lowest BCUT2D eigenvalue weighted by Gasteiger charge is -2.20. The Hall–Kier alpha value is -2.15. The van der Waals surface area contributed by atoms with Crippen molar-refractivity contribution in [2.75, 3.05) is 13.1 Å². The lowest BCUT2D eigenvalue weighted by atomic mass is 10.1. The standard InChI is InChI=1S/C12H13ClN2O5/c1-2-14(7-6-10(16)17)12(18)11-8(13)4-3-5-9(11)15(19)20/h3-5H,2,6-7H2,1H3,(H,16,17). The van der Waals surface area contributed by atoms with E-state index < -0.39 is 22.5 Å². The van der Waals surface area contributed by atoms with Crippen LogP contribution >= 0.6 is 11.6 Å². The van der Waals surface area contributed by atoms with E-state index >= 15 is 0 Å². The highest BCUT2D eigenvalue weighted by molar-refractivity contribution is 6.34. The predicted molar refractivity (Wildman–Crippen MR) is 71.9 cm³/mol. The highest BCUT2D eigenvalue weighted by Crippen LogP contribution is 2.27.